The fourth-order valence-electron chi connectivity index (χ4n) is 4.72. The predicted molar refractivity (Wildman–Crippen MR) is 111 cm³/mol. The Hall–Kier alpha value is -2.70. The van der Waals surface area contributed by atoms with Gasteiger partial charge in [-0.1, -0.05) is 12.1 Å². The van der Waals surface area contributed by atoms with Gasteiger partial charge in [-0.2, -0.15) is 5.10 Å². The van der Waals surface area contributed by atoms with Gasteiger partial charge in [-0.25, -0.2) is 4.39 Å². The van der Waals surface area contributed by atoms with Gasteiger partial charge in [0.25, 0.3) is 0 Å². The van der Waals surface area contributed by atoms with E-state index in [2.05, 4.69) is 10.4 Å². The predicted octanol–water partition coefficient (Wildman–Crippen LogP) is 3.17. The number of carbonyl (C=O) groups excluding carboxylic acids is 2. The Labute approximate surface area is 176 Å². The molecule has 2 fully saturated rings. The molecule has 1 saturated carbocycles. The zero-order chi connectivity index (χ0) is 21.6. The summed E-state index contributed by atoms with van der Waals surface area (Å²) in [6.07, 6.45) is 4.94. The molecule has 0 radical (unpaired) electrons. The van der Waals surface area contributed by atoms with Gasteiger partial charge in [0.1, 0.15) is 5.82 Å². The number of likely N-dealkylation sites (tertiary alicyclic amines) is 1. The van der Waals surface area contributed by atoms with Crippen molar-refractivity contribution in [3.63, 3.8) is 0 Å². The van der Waals surface area contributed by atoms with Crippen LogP contribution >= 0.6 is 0 Å². The highest BCUT2D eigenvalue weighted by Gasteiger charge is 2.47. The van der Waals surface area contributed by atoms with Gasteiger partial charge in [0, 0.05) is 49.1 Å². The molecule has 4 rings (SSSR count). The Balaban J connectivity index is 1.43. The number of nitrogens with one attached hydrogen (secondary N) is 1. The molecule has 4 atom stereocenters. The van der Waals surface area contributed by atoms with Gasteiger partial charge in [-0.15, -0.1) is 0 Å². The molecule has 2 aliphatic rings. The molecule has 2 aromatic rings. The van der Waals surface area contributed by atoms with Crippen molar-refractivity contribution in [2.24, 2.45) is 18.9 Å². The molecule has 1 aliphatic heterocycles. The van der Waals surface area contributed by atoms with E-state index in [-0.39, 0.29) is 47.0 Å². The maximum Gasteiger partial charge on any atom is 0.223 e. The van der Waals surface area contributed by atoms with Crippen LogP contribution in [0.5, 0.6) is 0 Å². The average Bonchev–Trinajstić information content (AvgIpc) is 3.23. The number of aryl methyl sites for hydroxylation is 1. The van der Waals surface area contributed by atoms with Crippen LogP contribution in [0.25, 0.3) is 0 Å². The van der Waals surface area contributed by atoms with Crippen LogP contribution < -0.4 is 5.32 Å². The van der Waals surface area contributed by atoms with Gasteiger partial charge >= 0.3 is 0 Å². The van der Waals surface area contributed by atoms with Gasteiger partial charge in [-0.3, -0.25) is 14.3 Å². The van der Waals surface area contributed by atoms with Crippen LogP contribution in [0.3, 0.4) is 0 Å². The first-order valence-corrected chi connectivity index (χ1v) is 10.5. The van der Waals surface area contributed by atoms with Gasteiger partial charge in [-0.05, 0) is 50.8 Å². The lowest BCUT2D eigenvalue weighted by atomic mass is 9.93. The first-order valence-electron chi connectivity index (χ1n) is 10.5. The van der Waals surface area contributed by atoms with Crippen molar-refractivity contribution >= 4 is 11.8 Å². The molecule has 1 saturated heterocycles. The monoisotopic (exact) mass is 412 g/mol. The van der Waals surface area contributed by atoms with Crippen LogP contribution in [0.15, 0.2) is 36.7 Å². The number of aromatic nitrogens is 2. The van der Waals surface area contributed by atoms with Crippen molar-refractivity contribution in [1.82, 2.24) is 20.0 Å². The van der Waals surface area contributed by atoms with Crippen molar-refractivity contribution < 1.29 is 14.0 Å². The van der Waals surface area contributed by atoms with E-state index in [1.807, 2.05) is 45.1 Å². The number of benzene rings is 1. The lowest BCUT2D eigenvalue weighted by Gasteiger charge is -2.38. The molecular weight excluding hydrogens is 383 g/mol. The second-order valence-electron chi connectivity index (χ2n) is 9.54. The smallest absolute Gasteiger partial charge is 0.223 e. The summed E-state index contributed by atoms with van der Waals surface area (Å²) in [5.41, 5.74) is 1.67. The van der Waals surface area contributed by atoms with E-state index < -0.39 is 0 Å². The topological polar surface area (TPSA) is 67.2 Å². The van der Waals surface area contributed by atoms with E-state index in [9.17, 15) is 14.0 Å². The molecule has 7 heteroatoms. The van der Waals surface area contributed by atoms with Crippen molar-refractivity contribution in [2.45, 2.75) is 51.1 Å². The zero-order valence-electron chi connectivity index (χ0n) is 17.9. The maximum atomic E-state index is 13.1. The Morgan fingerprint density at radius 2 is 1.93 bits per heavy atom. The summed E-state index contributed by atoms with van der Waals surface area (Å²) in [5, 5.41) is 7.36. The normalized spacial score (nSPS) is 26.2. The molecule has 1 aromatic carbocycles. The number of nitrogens with zero attached hydrogens (tertiary/aromatic N) is 3. The molecular formula is C23H29FN4O2. The van der Waals surface area contributed by atoms with E-state index in [0.717, 1.165) is 17.5 Å². The molecule has 1 aliphatic carbocycles. The standard InChI is InChI=1S/C23H29FN4O2/c1-23(2,3)28-20(29)9-15(21(28)16-12-26-27(4)13-16)11-25-22(30)19-10-18(19)14-5-7-17(24)8-6-14/h5-8,12-13,15,18-19,21H,9-11H2,1-4H3,(H,25,30)/t15-,18?,19?,21+/m0/s1. The third-order valence-corrected chi connectivity index (χ3v) is 6.18. The van der Waals surface area contributed by atoms with Crippen LogP contribution in [0.2, 0.25) is 0 Å². The summed E-state index contributed by atoms with van der Waals surface area (Å²) in [6, 6.07) is 6.27. The number of rotatable bonds is 5. The van der Waals surface area contributed by atoms with E-state index in [0.29, 0.717) is 13.0 Å². The van der Waals surface area contributed by atoms with Crippen LogP contribution in [0.4, 0.5) is 4.39 Å². The number of halogens is 1. The largest absolute Gasteiger partial charge is 0.355 e. The molecule has 30 heavy (non-hydrogen) atoms. The number of amides is 2. The Morgan fingerprint density at radius 3 is 2.53 bits per heavy atom. The molecule has 1 aromatic heterocycles. The fourth-order valence-corrected chi connectivity index (χ4v) is 4.72. The van der Waals surface area contributed by atoms with E-state index >= 15 is 0 Å². The van der Waals surface area contributed by atoms with Crippen molar-refractivity contribution in [3.8, 4) is 0 Å². The zero-order valence-corrected chi connectivity index (χ0v) is 17.9. The molecule has 2 unspecified atom stereocenters. The molecule has 0 spiro atoms. The molecule has 0 bridgehead atoms. The third kappa shape index (κ3) is 3.98. The lowest BCUT2D eigenvalue weighted by Crippen LogP contribution is -2.44. The first kappa shape index (κ1) is 20.6. The van der Waals surface area contributed by atoms with E-state index in [4.69, 9.17) is 0 Å². The Bertz CT molecular complexity index is 947. The second kappa shape index (κ2) is 7.52. The summed E-state index contributed by atoms with van der Waals surface area (Å²) < 4.78 is 14.9. The van der Waals surface area contributed by atoms with Gasteiger partial charge < -0.3 is 10.2 Å². The highest BCUT2D eigenvalue weighted by Crippen LogP contribution is 2.48. The molecule has 2 amide bonds. The Morgan fingerprint density at radius 1 is 1.23 bits per heavy atom. The van der Waals surface area contributed by atoms with Crippen LogP contribution in [0, 0.1) is 17.7 Å². The highest BCUT2D eigenvalue weighted by atomic mass is 19.1. The SMILES string of the molecule is Cn1cc([C@H]2[C@H](CNC(=O)C3CC3c3ccc(F)cc3)CC(=O)N2C(C)(C)C)cn1. The summed E-state index contributed by atoms with van der Waals surface area (Å²) in [5.74, 6) is -0.0923. The quantitative estimate of drug-likeness (QED) is 0.820. The van der Waals surface area contributed by atoms with Crippen LogP contribution in [-0.2, 0) is 16.6 Å². The second-order valence-corrected chi connectivity index (χ2v) is 9.54. The first-order chi connectivity index (χ1) is 14.1. The lowest BCUT2D eigenvalue weighted by molar-refractivity contribution is -0.133. The summed E-state index contributed by atoms with van der Waals surface area (Å²) in [6.45, 7) is 6.55. The van der Waals surface area contributed by atoms with Crippen molar-refractivity contribution in [3.05, 3.63) is 53.6 Å². The number of hydrogen-bond donors (Lipinski definition) is 1. The minimum Gasteiger partial charge on any atom is -0.355 e. The highest BCUT2D eigenvalue weighted by molar-refractivity contribution is 5.83. The van der Waals surface area contributed by atoms with Crippen LogP contribution in [0.1, 0.15) is 56.7 Å². The fraction of sp³-hybridized carbons (Fsp3) is 0.522. The molecule has 1 N–H and O–H groups in total. The number of hydrogen-bond acceptors (Lipinski definition) is 3. The summed E-state index contributed by atoms with van der Waals surface area (Å²) in [4.78, 5) is 27.5. The van der Waals surface area contributed by atoms with Gasteiger partial charge in [0.2, 0.25) is 11.8 Å². The van der Waals surface area contributed by atoms with Gasteiger partial charge in [0.15, 0.2) is 0 Å². The van der Waals surface area contributed by atoms with Crippen LogP contribution in [-0.4, -0.2) is 38.6 Å². The maximum absolute atomic E-state index is 13.1. The molecule has 2 heterocycles. The molecule has 6 nitrogen and oxygen atoms in total. The summed E-state index contributed by atoms with van der Waals surface area (Å²) >= 11 is 0. The molecule has 160 valence electrons. The van der Waals surface area contributed by atoms with Crippen molar-refractivity contribution in [1.29, 1.82) is 0 Å². The average molecular weight is 413 g/mol. The Kier molecular flexibility index (Phi) is 5.16. The minimum atomic E-state index is -0.319. The summed E-state index contributed by atoms with van der Waals surface area (Å²) in [7, 11) is 1.86. The van der Waals surface area contributed by atoms with E-state index in [1.54, 1.807) is 16.8 Å². The number of carbonyl (C=O) groups is 2. The third-order valence-electron chi connectivity index (χ3n) is 6.18. The van der Waals surface area contributed by atoms with Gasteiger partial charge in [0.05, 0.1) is 12.2 Å². The van der Waals surface area contributed by atoms with E-state index in [1.165, 1.54) is 12.1 Å². The minimum absolute atomic E-state index is 0.00658. The van der Waals surface area contributed by atoms with Crippen molar-refractivity contribution in [2.75, 3.05) is 6.54 Å².